The number of para-hydroxylation sites is 2. The second-order valence-electron chi connectivity index (χ2n) is 7.50. The van der Waals surface area contributed by atoms with Gasteiger partial charge in [-0.3, -0.25) is 9.78 Å². The minimum atomic E-state index is -0.206. The van der Waals surface area contributed by atoms with Gasteiger partial charge in [0.2, 0.25) is 0 Å². The van der Waals surface area contributed by atoms with Crippen molar-refractivity contribution in [3.8, 4) is 0 Å². The number of halogens is 1. The van der Waals surface area contributed by atoms with E-state index in [1.54, 1.807) is 12.4 Å². The van der Waals surface area contributed by atoms with E-state index < -0.39 is 0 Å². The topological polar surface area (TPSA) is 54.0 Å². The summed E-state index contributed by atoms with van der Waals surface area (Å²) in [5, 5.41) is 7.85. The molecule has 29 heavy (non-hydrogen) atoms. The highest BCUT2D eigenvalue weighted by molar-refractivity contribution is 6.30. The average molecular weight is 402 g/mol. The number of allylic oxidation sites excluding steroid dienone is 1. The number of carbonyl (C=O) groups is 1. The molecule has 2 atom stereocenters. The zero-order valence-electron chi connectivity index (χ0n) is 15.7. The summed E-state index contributed by atoms with van der Waals surface area (Å²) in [6, 6.07) is 19.6. The number of fused-ring (bicyclic) bond motifs is 1. The molecule has 0 spiro atoms. The maximum atomic E-state index is 13.4. The number of Topliss-reactive ketones (excluding diaryl/α,β-unsaturated/α-hetero) is 1. The number of benzene rings is 2. The highest BCUT2D eigenvalue weighted by Crippen LogP contribution is 2.44. The standard InChI is InChI=1S/C24H20ClN3O/c25-18-7-5-15(6-8-18)17-13-21-23(22(29)14-17)24(16-9-11-26-12-10-16)28-20-4-2-1-3-19(20)27-21/h1-12,17,24,27-28H,13-14H2. The van der Waals surface area contributed by atoms with Gasteiger partial charge in [-0.15, -0.1) is 0 Å². The Labute approximate surface area is 174 Å². The van der Waals surface area contributed by atoms with E-state index in [9.17, 15) is 4.79 Å². The second-order valence-corrected chi connectivity index (χ2v) is 7.94. The molecule has 0 radical (unpaired) electrons. The predicted molar refractivity (Wildman–Crippen MR) is 116 cm³/mol. The SMILES string of the molecule is O=C1CC(c2ccc(Cl)cc2)CC2=C1C(c1ccncc1)Nc1ccccc1N2. The van der Waals surface area contributed by atoms with Crippen LogP contribution in [0.15, 0.2) is 84.3 Å². The van der Waals surface area contributed by atoms with Gasteiger partial charge in [-0.1, -0.05) is 35.9 Å². The highest BCUT2D eigenvalue weighted by atomic mass is 35.5. The largest absolute Gasteiger partial charge is 0.372 e. The smallest absolute Gasteiger partial charge is 0.163 e. The van der Waals surface area contributed by atoms with Crippen LogP contribution in [0.1, 0.15) is 35.9 Å². The lowest BCUT2D eigenvalue weighted by molar-refractivity contribution is -0.116. The normalized spacial score (nSPS) is 20.8. The Morgan fingerprint density at radius 2 is 1.59 bits per heavy atom. The average Bonchev–Trinajstić information content (AvgIpc) is 2.92. The molecular weight excluding hydrogens is 382 g/mol. The third-order valence-corrected chi connectivity index (χ3v) is 5.94. The van der Waals surface area contributed by atoms with Crippen LogP contribution >= 0.6 is 11.6 Å². The minimum absolute atomic E-state index is 0.134. The van der Waals surface area contributed by atoms with Gasteiger partial charge in [0.25, 0.3) is 0 Å². The fourth-order valence-electron chi connectivity index (χ4n) is 4.27. The van der Waals surface area contributed by atoms with Crippen molar-refractivity contribution in [2.24, 2.45) is 0 Å². The maximum absolute atomic E-state index is 13.4. The van der Waals surface area contributed by atoms with Crippen LogP contribution in [0.4, 0.5) is 11.4 Å². The predicted octanol–water partition coefficient (Wildman–Crippen LogP) is 5.71. The molecule has 2 heterocycles. The summed E-state index contributed by atoms with van der Waals surface area (Å²) < 4.78 is 0. The first-order valence-electron chi connectivity index (χ1n) is 9.73. The molecule has 5 heteroatoms. The number of anilines is 2. The van der Waals surface area contributed by atoms with E-state index in [0.29, 0.717) is 11.4 Å². The number of rotatable bonds is 2. The minimum Gasteiger partial charge on any atom is -0.372 e. The fourth-order valence-corrected chi connectivity index (χ4v) is 4.39. The van der Waals surface area contributed by atoms with Crippen LogP contribution in [0.5, 0.6) is 0 Å². The molecule has 3 aromatic rings. The number of hydrogen-bond donors (Lipinski definition) is 2. The maximum Gasteiger partial charge on any atom is 0.163 e. The van der Waals surface area contributed by atoms with Crippen LogP contribution in [0.25, 0.3) is 0 Å². The van der Waals surface area contributed by atoms with Crippen molar-refractivity contribution in [1.82, 2.24) is 4.98 Å². The number of carbonyl (C=O) groups excluding carboxylic acids is 1. The summed E-state index contributed by atoms with van der Waals surface area (Å²) in [5.41, 5.74) is 5.95. The fraction of sp³-hybridized carbons (Fsp3) is 0.167. The van der Waals surface area contributed by atoms with Crippen molar-refractivity contribution in [1.29, 1.82) is 0 Å². The van der Waals surface area contributed by atoms with Crippen LogP contribution in [-0.4, -0.2) is 10.8 Å². The molecule has 2 unspecified atom stereocenters. The molecule has 0 amide bonds. The van der Waals surface area contributed by atoms with Gasteiger partial charge >= 0.3 is 0 Å². The van der Waals surface area contributed by atoms with Crippen molar-refractivity contribution in [2.75, 3.05) is 10.6 Å². The Morgan fingerprint density at radius 3 is 2.34 bits per heavy atom. The van der Waals surface area contributed by atoms with E-state index in [0.717, 1.165) is 40.2 Å². The monoisotopic (exact) mass is 401 g/mol. The lowest BCUT2D eigenvalue weighted by Crippen LogP contribution is -2.26. The summed E-state index contributed by atoms with van der Waals surface area (Å²) >= 11 is 6.05. The first-order valence-corrected chi connectivity index (χ1v) is 10.1. The van der Waals surface area contributed by atoms with Crippen molar-refractivity contribution in [2.45, 2.75) is 24.8 Å². The van der Waals surface area contributed by atoms with Gasteiger partial charge in [-0.05, 0) is 59.9 Å². The zero-order chi connectivity index (χ0) is 19.8. The van der Waals surface area contributed by atoms with Crippen molar-refractivity contribution in [3.05, 3.63) is 100 Å². The van der Waals surface area contributed by atoms with E-state index in [-0.39, 0.29) is 17.7 Å². The summed E-state index contributed by atoms with van der Waals surface area (Å²) in [7, 11) is 0. The van der Waals surface area contributed by atoms with E-state index >= 15 is 0 Å². The Morgan fingerprint density at radius 1 is 0.862 bits per heavy atom. The molecule has 2 aliphatic rings. The van der Waals surface area contributed by atoms with E-state index in [2.05, 4.69) is 15.6 Å². The second kappa shape index (κ2) is 7.37. The Bertz CT molecular complexity index is 1090. The van der Waals surface area contributed by atoms with E-state index in [1.165, 1.54) is 0 Å². The first-order chi connectivity index (χ1) is 14.2. The van der Waals surface area contributed by atoms with Crippen LogP contribution in [0.2, 0.25) is 5.02 Å². The highest BCUT2D eigenvalue weighted by Gasteiger charge is 2.35. The molecule has 5 rings (SSSR count). The number of nitrogens with one attached hydrogen (secondary N) is 2. The van der Waals surface area contributed by atoms with Gasteiger partial charge in [-0.2, -0.15) is 0 Å². The van der Waals surface area contributed by atoms with Crippen LogP contribution in [0, 0.1) is 0 Å². The quantitative estimate of drug-likeness (QED) is 0.577. The first kappa shape index (κ1) is 18.0. The van der Waals surface area contributed by atoms with Crippen LogP contribution in [-0.2, 0) is 4.79 Å². The number of nitrogens with zero attached hydrogens (tertiary/aromatic N) is 1. The van der Waals surface area contributed by atoms with E-state index in [4.69, 9.17) is 11.6 Å². The Kier molecular flexibility index (Phi) is 4.57. The molecule has 2 N–H and O–H groups in total. The van der Waals surface area contributed by atoms with Crippen molar-refractivity contribution in [3.63, 3.8) is 0 Å². The van der Waals surface area contributed by atoms with Crippen molar-refractivity contribution < 1.29 is 4.79 Å². The molecular formula is C24H20ClN3O. The molecule has 0 bridgehead atoms. The van der Waals surface area contributed by atoms with Gasteiger partial charge in [0.15, 0.2) is 5.78 Å². The lowest BCUT2D eigenvalue weighted by atomic mass is 9.78. The van der Waals surface area contributed by atoms with Gasteiger partial charge in [0.05, 0.1) is 17.4 Å². The zero-order valence-corrected chi connectivity index (χ0v) is 16.5. The Hall–Kier alpha value is -3.11. The number of pyridine rings is 1. The Balaban J connectivity index is 1.60. The van der Waals surface area contributed by atoms with Gasteiger partial charge < -0.3 is 10.6 Å². The summed E-state index contributed by atoms with van der Waals surface area (Å²) in [4.78, 5) is 17.5. The third-order valence-electron chi connectivity index (χ3n) is 5.69. The number of hydrogen-bond acceptors (Lipinski definition) is 4. The molecule has 1 aliphatic carbocycles. The summed E-state index contributed by atoms with van der Waals surface area (Å²) in [5.74, 6) is 0.301. The van der Waals surface area contributed by atoms with Crippen LogP contribution < -0.4 is 10.6 Å². The third kappa shape index (κ3) is 3.40. The molecule has 1 aliphatic heterocycles. The molecule has 1 aromatic heterocycles. The molecule has 0 fully saturated rings. The van der Waals surface area contributed by atoms with Crippen molar-refractivity contribution >= 4 is 28.8 Å². The summed E-state index contributed by atoms with van der Waals surface area (Å²) in [6.45, 7) is 0. The molecule has 0 saturated carbocycles. The molecule has 2 aromatic carbocycles. The molecule has 144 valence electrons. The van der Waals surface area contributed by atoms with Crippen LogP contribution in [0.3, 0.4) is 0 Å². The van der Waals surface area contributed by atoms with Gasteiger partial charge in [0.1, 0.15) is 0 Å². The lowest BCUT2D eigenvalue weighted by Gasteiger charge is -2.30. The van der Waals surface area contributed by atoms with Gasteiger partial charge in [-0.25, -0.2) is 0 Å². The summed E-state index contributed by atoms with van der Waals surface area (Å²) in [6.07, 6.45) is 4.80. The number of aromatic nitrogens is 1. The molecule has 0 saturated heterocycles. The van der Waals surface area contributed by atoms with Gasteiger partial charge in [0, 0.05) is 35.1 Å². The van der Waals surface area contributed by atoms with E-state index in [1.807, 2.05) is 60.7 Å². The molecule has 4 nitrogen and oxygen atoms in total. The number of ketones is 1.